The SMILES string of the molecule is Cc1ccc(S(=O)(=O)N(C)C[C@@H]2Oc3ccc(NC(=O)NC4CCCCC4)cc3CC(=O)N([C@@H](C)CO)C[C@@H]2C)cc1. The van der Waals surface area contributed by atoms with Crippen LogP contribution in [0.25, 0.3) is 0 Å². The van der Waals surface area contributed by atoms with Gasteiger partial charge in [0.05, 0.1) is 30.5 Å². The number of likely N-dealkylation sites (N-methyl/N-ethyl adjacent to an activating group) is 1. The highest BCUT2D eigenvalue weighted by Crippen LogP contribution is 2.30. The molecular weight excluding hydrogens is 556 g/mol. The second-order valence-electron chi connectivity index (χ2n) is 11.7. The number of fused-ring (bicyclic) bond motifs is 1. The first-order chi connectivity index (χ1) is 20.0. The summed E-state index contributed by atoms with van der Waals surface area (Å²) >= 11 is 0. The van der Waals surface area contributed by atoms with Crippen LogP contribution < -0.4 is 15.4 Å². The van der Waals surface area contributed by atoms with Crippen molar-refractivity contribution in [3.8, 4) is 5.75 Å². The average molecular weight is 601 g/mol. The molecule has 10 nitrogen and oxygen atoms in total. The van der Waals surface area contributed by atoms with E-state index in [9.17, 15) is 23.1 Å². The third kappa shape index (κ3) is 7.81. The van der Waals surface area contributed by atoms with Crippen molar-refractivity contribution in [2.45, 2.75) is 82.4 Å². The number of aliphatic hydroxyl groups is 1. The number of aryl methyl sites for hydroxylation is 1. The number of nitrogens with zero attached hydrogens (tertiary/aromatic N) is 2. The van der Waals surface area contributed by atoms with E-state index in [1.165, 1.54) is 17.8 Å². The molecule has 1 heterocycles. The molecule has 4 rings (SSSR count). The third-order valence-electron chi connectivity index (χ3n) is 8.28. The molecule has 230 valence electrons. The normalized spacial score (nSPS) is 21.0. The van der Waals surface area contributed by atoms with Gasteiger partial charge < -0.3 is 25.4 Å². The number of hydrogen-bond donors (Lipinski definition) is 3. The van der Waals surface area contributed by atoms with Crippen LogP contribution in [0.1, 0.15) is 57.1 Å². The van der Waals surface area contributed by atoms with Gasteiger partial charge in [-0.25, -0.2) is 13.2 Å². The second kappa shape index (κ2) is 13.9. The summed E-state index contributed by atoms with van der Waals surface area (Å²) in [6, 6.07) is 11.3. The second-order valence-corrected chi connectivity index (χ2v) is 13.8. The van der Waals surface area contributed by atoms with Crippen LogP contribution in [0.15, 0.2) is 47.4 Å². The maximum Gasteiger partial charge on any atom is 0.319 e. The Hall–Kier alpha value is -3.15. The Morgan fingerprint density at radius 2 is 1.83 bits per heavy atom. The molecule has 0 saturated heterocycles. The number of amides is 3. The molecule has 1 aliphatic carbocycles. The van der Waals surface area contributed by atoms with Gasteiger partial charge in [0.15, 0.2) is 0 Å². The van der Waals surface area contributed by atoms with Crippen molar-refractivity contribution in [3.63, 3.8) is 0 Å². The number of sulfonamides is 1. The van der Waals surface area contributed by atoms with E-state index in [-0.39, 0.29) is 54.9 Å². The van der Waals surface area contributed by atoms with Gasteiger partial charge in [0.1, 0.15) is 11.9 Å². The summed E-state index contributed by atoms with van der Waals surface area (Å²) in [5.41, 5.74) is 2.07. The maximum absolute atomic E-state index is 13.5. The van der Waals surface area contributed by atoms with Crippen molar-refractivity contribution in [1.82, 2.24) is 14.5 Å². The lowest BCUT2D eigenvalue weighted by Crippen LogP contribution is -2.48. The molecular formula is C31H44N4O6S. The van der Waals surface area contributed by atoms with E-state index in [2.05, 4.69) is 10.6 Å². The molecule has 0 spiro atoms. The monoisotopic (exact) mass is 600 g/mol. The molecule has 42 heavy (non-hydrogen) atoms. The first-order valence-electron chi connectivity index (χ1n) is 14.8. The zero-order valence-corrected chi connectivity index (χ0v) is 25.8. The number of nitrogens with one attached hydrogen (secondary N) is 2. The summed E-state index contributed by atoms with van der Waals surface area (Å²) in [5.74, 6) is 0.0139. The van der Waals surface area contributed by atoms with Crippen LogP contribution in [0, 0.1) is 12.8 Å². The maximum atomic E-state index is 13.5. The first kappa shape index (κ1) is 31.8. The molecule has 0 radical (unpaired) electrons. The molecule has 2 aromatic carbocycles. The van der Waals surface area contributed by atoms with Gasteiger partial charge in [-0.15, -0.1) is 0 Å². The fraction of sp³-hybridized carbons (Fsp3) is 0.548. The Morgan fingerprint density at radius 1 is 1.14 bits per heavy atom. The molecule has 1 aliphatic heterocycles. The molecule has 2 aromatic rings. The van der Waals surface area contributed by atoms with Crippen molar-refractivity contribution in [2.75, 3.05) is 32.1 Å². The predicted molar refractivity (Wildman–Crippen MR) is 162 cm³/mol. The van der Waals surface area contributed by atoms with Gasteiger partial charge in [-0.3, -0.25) is 4.79 Å². The van der Waals surface area contributed by atoms with Crippen molar-refractivity contribution in [2.24, 2.45) is 5.92 Å². The lowest BCUT2D eigenvalue weighted by atomic mass is 9.96. The van der Waals surface area contributed by atoms with E-state index < -0.39 is 22.2 Å². The molecule has 0 aromatic heterocycles. The summed E-state index contributed by atoms with van der Waals surface area (Å²) in [4.78, 5) is 28.0. The standard InChI is InChI=1S/C31H44N4O6S/c1-21-10-13-27(14-11-21)42(39,40)34(4)19-29-22(2)18-35(23(3)20-36)30(37)17-24-16-26(12-15-28(24)41-29)33-31(38)32-25-8-6-5-7-9-25/h10-16,22-23,25,29,36H,5-9,17-20H2,1-4H3,(H2,32,33,38)/t22-,23-,29-/m0/s1. The summed E-state index contributed by atoms with van der Waals surface area (Å²) in [5, 5.41) is 15.8. The van der Waals surface area contributed by atoms with E-state index in [1.807, 2.05) is 13.8 Å². The molecule has 0 unspecified atom stereocenters. The Balaban J connectivity index is 1.59. The topological polar surface area (TPSA) is 128 Å². The van der Waals surface area contributed by atoms with Gasteiger partial charge in [0, 0.05) is 36.8 Å². The smallest absolute Gasteiger partial charge is 0.319 e. The predicted octanol–water partition coefficient (Wildman–Crippen LogP) is 3.92. The molecule has 3 N–H and O–H groups in total. The van der Waals surface area contributed by atoms with E-state index in [4.69, 9.17) is 4.74 Å². The highest BCUT2D eigenvalue weighted by atomic mass is 32.2. The van der Waals surface area contributed by atoms with Crippen LogP contribution in [0.2, 0.25) is 0 Å². The third-order valence-corrected chi connectivity index (χ3v) is 10.1. The van der Waals surface area contributed by atoms with Gasteiger partial charge in [-0.2, -0.15) is 4.31 Å². The number of carbonyl (C=O) groups is 2. The molecule has 1 saturated carbocycles. The Morgan fingerprint density at radius 3 is 2.50 bits per heavy atom. The van der Waals surface area contributed by atoms with Gasteiger partial charge in [0.25, 0.3) is 0 Å². The number of hydrogen-bond acceptors (Lipinski definition) is 6. The number of benzene rings is 2. The Kier molecular flexibility index (Phi) is 10.5. The minimum Gasteiger partial charge on any atom is -0.488 e. The van der Waals surface area contributed by atoms with E-state index in [0.717, 1.165) is 31.2 Å². The summed E-state index contributed by atoms with van der Waals surface area (Å²) < 4.78 is 34.5. The van der Waals surface area contributed by atoms with E-state index in [1.54, 1.807) is 54.3 Å². The van der Waals surface area contributed by atoms with Gasteiger partial charge in [-0.1, -0.05) is 43.9 Å². The fourth-order valence-corrected chi connectivity index (χ4v) is 6.75. The minimum absolute atomic E-state index is 0.0103. The van der Waals surface area contributed by atoms with Crippen molar-refractivity contribution in [3.05, 3.63) is 53.6 Å². The van der Waals surface area contributed by atoms with Gasteiger partial charge in [-0.05, 0) is 57.0 Å². The van der Waals surface area contributed by atoms with Gasteiger partial charge in [0.2, 0.25) is 15.9 Å². The molecule has 11 heteroatoms. The number of rotatable bonds is 8. The summed E-state index contributed by atoms with van der Waals surface area (Å²) in [7, 11) is -2.26. The largest absolute Gasteiger partial charge is 0.488 e. The number of aliphatic hydroxyl groups excluding tert-OH is 1. The molecule has 1 fully saturated rings. The van der Waals surface area contributed by atoms with E-state index >= 15 is 0 Å². The first-order valence-corrected chi connectivity index (χ1v) is 16.2. The van der Waals surface area contributed by atoms with E-state index in [0.29, 0.717) is 17.0 Å². The van der Waals surface area contributed by atoms with Crippen molar-refractivity contribution >= 4 is 27.6 Å². The van der Waals surface area contributed by atoms with Crippen molar-refractivity contribution in [1.29, 1.82) is 0 Å². The lowest BCUT2D eigenvalue weighted by Gasteiger charge is -2.33. The molecule has 3 amide bonds. The Bertz CT molecular complexity index is 1340. The quantitative estimate of drug-likeness (QED) is 0.422. The van der Waals surface area contributed by atoms with Crippen molar-refractivity contribution < 1.29 is 27.9 Å². The average Bonchev–Trinajstić information content (AvgIpc) is 3.00. The number of anilines is 1. The minimum atomic E-state index is -3.79. The summed E-state index contributed by atoms with van der Waals surface area (Å²) in [6.07, 6.45) is 4.74. The zero-order valence-electron chi connectivity index (χ0n) is 25.0. The lowest BCUT2D eigenvalue weighted by molar-refractivity contribution is -0.134. The van der Waals surface area contributed by atoms with Crippen LogP contribution in [-0.4, -0.2) is 79.6 Å². The summed E-state index contributed by atoms with van der Waals surface area (Å²) in [6.45, 7) is 5.72. The van der Waals surface area contributed by atoms with Crippen LogP contribution in [0.4, 0.5) is 10.5 Å². The van der Waals surface area contributed by atoms with Crippen LogP contribution in [0.3, 0.4) is 0 Å². The highest BCUT2D eigenvalue weighted by Gasteiger charge is 2.33. The number of ether oxygens (including phenoxy) is 1. The molecule has 2 aliphatic rings. The Labute approximate surface area is 249 Å². The van der Waals surface area contributed by atoms with Crippen LogP contribution >= 0.6 is 0 Å². The number of urea groups is 1. The van der Waals surface area contributed by atoms with Crippen LogP contribution in [-0.2, 0) is 21.2 Å². The number of carbonyl (C=O) groups excluding carboxylic acids is 2. The fourth-order valence-electron chi connectivity index (χ4n) is 5.57. The van der Waals surface area contributed by atoms with Gasteiger partial charge >= 0.3 is 6.03 Å². The zero-order chi connectivity index (χ0) is 30.4. The molecule has 3 atom stereocenters. The molecule has 0 bridgehead atoms. The van der Waals surface area contributed by atoms with Crippen LogP contribution in [0.5, 0.6) is 5.75 Å². The highest BCUT2D eigenvalue weighted by molar-refractivity contribution is 7.89.